The van der Waals surface area contributed by atoms with Gasteiger partial charge in [0.05, 0.1) is 7.11 Å². The van der Waals surface area contributed by atoms with E-state index in [0.717, 1.165) is 62.5 Å². The van der Waals surface area contributed by atoms with Crippen molar-refractivity contribution in [1.29, 1.82) is 0 Å². The number of anilines is 3. The largest absolute Gasteiger partial charge is 0.497 e. The Morgan fingerprint density at radius 3 is 2.38 bits per heavy atom. The highest BCUT2D eigenvalue weighted by Gasteiger charge is 2.20. The molecule has 0 amide bonds. The minimum atomic E-state index is 0.788. The lowest BCUT2D eigenvalue weighted by Crippen LogP contribution is -2.47. The maximum Gasteiger partial charge on any atom is 0.225 e. The van der Waals surface area contributed by atoms with Crippen LogP contribution in [-0.4, -0.2) is 59.8 Å². The fourth-order valence-corrected chi connectivity index (χ4v) is 3.33. The number of aromatic nitrogens is 4. The Bertz CT molecular complexity index is 896. The number of nitrogens with one attached hydrogen (secondary N) is 1. The average Bonchev–Trinajstić information content (AvgIpc) is 2.80. The lowest BCUT2D eigenvalue weighted by atomic mass is 10.1. The molecule has 8 heteroatoms. The summed E-state index contributed by atoms with van der Waals surface area (Å²) in [6.07, 6.45) is 6.10. The van der Waals surface area contributed by atoms with E-state index in [-0.39, 0.29) is 0 Å². The molecule has 0 unspecified atom stereocenters. The van der Waals surface area contributed by atoms with Gasteiger partial charge < -0.3 is 19.9 Å². The molecule has 150 valence electrons. The van der Waals surface area contributed by atoms with E-state index in [4.69, 9.17) is 4.74 Å². The van der Waals surface area contributed by atoms with Gasteiger partial charge in [0.25, 0.3) is 0 Å². The van der Waals surface area contributed by atoms with E-state index in [9.17, 15) is 0 Å². The van der Waals surface area contributed by atoms with Crippen LogP contribution in [0.2, 0.25) is 0 Å². The van der Waals surface area contributed by atoms with Gasteiger partial charge in [0.1, 0.15) is 23.7 Å². The van der Waals surface area contributed by atoms with Gasteiger partial charge >= 0.3 is 0 Å². The fraction of sp³-hybridized carbons (Fsp3) is 0.333. The Labute approximate surface area is 170 Å². The summed E-state index contributed by atoms with van der Waals surface area (Å²) in [5.74, 6) is 3.45. The zero-order valence-corrected chi connectivity index (χ0v) is 16.5. The third kappa shape index (κ3) is 4.90. The van der Waals surface area contributed by atoms with Crippen LogP contribution in [0.25, 0.3) is 0 Å². The number of piperazine rings is 1. The number of nitrogens with zero attached hydrogens (tertiary/aromatic N) is 6. The summed E-state index contributed by atoms with van der Waals surface area (Å²) >= 11 is 0. The van der Waals surface area contributed by atoms with Crippen molar-refractivity contribution in [2.24, 2.45) is 0 Å². The van der Waals surface area contributed by atoms with Crippen molar-refractivity contribution in [3.8, 4) is 5.75 Å². The number of hydrogen-bond donors (Lipinski definition) is 1. The summed E-state index contributed by atoms with van der Waals surface area (Å²) in [4.78, 5) is 22.0. The molecule has 1 aliphatic heterocycles. The van der Waals surface area contributed by atoms with E-state index in [0.29, 0.717) is 0 Å². The topological polar surface area (TPSA) is 79.3 Å². The van der Waals surface area contributed by atoms with Crippen LogP contribution in [0.5, 0.6) is 5.75 Å². The van der Waals surface area contributed by atoms with E-state index in [1.165, 1.54) is 5.56 Å². The van der Waals surface area contributed by atoms with E-state index in [1.807, 2.05) is 24.3 Å². The predicted octanol–water partition coefficient (Wildman–Crippen LogP) is 2.26. The number of rotatable bonds is 7. The molecular weight excluding hydrogens is 366 g/mol. The minimum Gasteiger partial charge on any atom is -0.497 e. The molecule has 2 aromatic heterocycles. The second-order valence-electron chi connectivity index (χ2n) is 6.81. The molecular formula is C21H25N7O. The average molecular weight is 391 g/mol. The highest BCUT2D eigenvalue weighted by atomic mass is 16.5. The minimum absolute atomic E-state index is 0.788. The second-order valence-corrected chi connectivity index (χ2v) is 6.81. The number of methoxy groups -OCH3 is 1. The van der Waals surface area contributed by atoms with Crippen LogP contribution < -0.4 is 19.9 Å². The standard InChI is InChI=1S/C21H25N7O/c1-29-18-5-3-17(4-6-18)7-10-22-19-15-20(26-16-25-19)27-11-13-28(14-12-27)21-23-8-2-9-24-21/h2-6,8-9,15-16H,7,10-14H2,1H3,(H,22,25,26). The van der Waals surface area contributed by atoms with Crippen molar-refractivity contribution in [1.82, 2.24) is 19.9 Å². The zero-order chi connectivity index (χ0) is 19.9. The molecule has 1 aliphatic rings. The van der Waals surface area contributed by atoms with Crippen LogP contribution in [0, 0.1) is 0 Å². The molecule has 0 spiro atoms. The Balaban J connectivity index is 1.29. The molecule has 0 atom stereocenters. The lowest BCUT2D eigenvalue weighted by Gasteiger charge is -2.35. The number of benzene rings is 1. The van der Waals surface area contributed by atoms with Crippen molar-refractivity contribution >= 4 is 17.6 Å². The van der Waals surface area contributed by atoms with Crippen molar-refractivity contribution in [2.75, 3.05) is 55.0 Å². The van der Waals surface area contributed by atoms with Crippen LogP contribution in [-0.2, 0) is 6.42 Å². The van der Waals surface area contributed by atoms with E-state index < -0.39 is 0 Å². The van der Waals surface area contributed by atoms with Crippen LogP contribution in [0.3, 0.4) is 0 Å². The van der Waals surface area contributed by atoms with Gasteiger partial charge in [-0.3, -0.25) is 0 Å². The van der Waals surface area contributed by atoms with Crippen molar-refractivity contribution in [2.45, 2.75) is 6.42 Å². The summed E-state index contributed by atoms with van der Waals surface area (Å²) in [5.41, 5.74) is 1.26. The van der Waals surface area contributed by atoms with Gasteiger partial charge in [0, 0.05) is 51.2 Å². The molecule has 0 aliphatic carbocycles. The molecule has 0 radical (unpaired) electrons. The molecule has 8 nitrogen and oxygen atoms in total. The molecule has 1 saturated heterocycles. The maximum atomic E-state index is 5.20. The van der Waals surface area contributed by atoms with Crippen LogP contribution in [0.15, 0.2) is 55.1 Å². The Hall–Kier alpha value is -3.42. The van der Waals surface area contributed by atoms with E-state index in [1.54, 1.807) is 25.8 Å². The number of ether oxygens (including phenoxy) is 1. The zero-order valence-electron chi connectivity index (χ0n) is 16.5. The first-order valence-corrected chi connectivity index (χ1v) is 9.77. The normalized spacial score (nSPS) is 14.0. The first-order valence-electron chi connectivity index (χ1n) is 9.77. The van der Waals surface area contributed by atoms with E-state index >= 15 is 0 Å². The third-order valence-corrected chi connectivity index (χ3v) is 4.97. The second kappa shape index (κ2) is 9.18. The molecule has 0 bridgehead atoms. The SMILES string of the molecule is COc1ccc(CCNc2cc(N3CCN(c4ncccn4)CC3)ncn2)cc1. The van der Waals surface area contributed by atoms with Gasteiger partial charge in [-0.25, -0.2) is 19.9 Å². The molecule has 0 saturated carbocycles. The van der Waals surface area contributed by atoms with Gasteiger partial charge in [-0.1, -0.05) is 12.1 Å². The van der Waals surface area contributed by atoms with Gasteiger partial charge in [-0.05, 0) is 30.2 Å². The summed E-state index contributed by atoms with van der Waals surface area (Å²) in [7, 11) is 1.68. The molecule has 3 heterocycles. The van der Waals surface area contributed by atoms with E-state index in [2.05, 4.69) is 47.2 Å². The van der Waals surface area contributed by atoms with Gasteiger partial charge in [-0.2, -0.15) is 0 Å². The van der Waals surface area contributed by atoms with Crippen molar-refractivity contribution < 1.29 is 4.74 Å². The first-order chi connectivity index (χ1) is 14.3. The fourth-order valence-electron chi connectivity index (χ4n) is 3.33. The predicted molar refractivity (Wildman–Crippen MR) is 114 cm³/mol. The number of hydrogen-bond acceptors (Lipinski definition) is 8. The Morgan fingerprint density at radius 2 is 1.66 bits per heavy atom. The third-order valence-electron chi connectivity index (χ3n) is 4.97. The molecule has 4 rings (SSSR count). The highest BCUT2D eigenvalue weighted by Crippen LogP contribution is 2.18. The molecule has 1 fully saturated rings. The van der Waals surface area contributed by atoms with Crippen LogP contribution in [0.4, 0.5) is 17.6 Å². The van der Waals surface area contributed by atoms with Crippen molar-refractivity contribution in [3.63, 3.8) is 0 Å². The quantitative estimate of drug-likeness (QED) is 0.657. The highest BCUT2D eigenvalue weighted by molar-refractivity contribution is 5.50. The summed E-state index contributed by atoms with van der Waals surface area (Å²) < 4.78 is 5.20. The smallest absolute Gasteiger partial charge is 0.225 e. The Kier molecular flexibility index (Phi) is 5.99. The summed E-state index contributed by atoms with van der Waals surface area (Å²) in [6.45, 7) is 4.30. The summed E-state index contributed by atoms with van der Waals surface area (Å²) in [6, 6.07) is 12.0. The Morgan fingerprint density at radius 1 is 0.931 bits per heavy atom. The first kappa shape index (κ1) is 18.9. The monoisotopic (exact) mass is 391 g/mol. The van der Waals surface area contributed by atoms with Crippen LogP contribution in [0.1, 0.15) is 5.56 Å². The molecule has 3 aromatic rings. The van der Waals surface area contributed by atoms with Gasteiger partial charge in [0.2, 0.25) is 5.95 Å². The molecule has 1 aromatic carbocycles. The maximum absolute atomic E-state index is 5.20. The van der Waals surface area contributed by atoms with Crippen LogP contribution >= 0.6 is 0 Å². The van der Waals surface area contributed by atoms with Gasteiger partial charge in [0.15, 0.2) is 0 Å². The summed E-state index contributed by atoms with van der Waals surface area (Å²) in [5, 5.41) is 3.40. The molecule has 1 N–H and O–H groups in total. The molecule has 29 heavy (non-hydrogen) atoms. The van der Waals surface area contributed by atoms with Gasteiger partial charge in [-0.15, -0.1) is 0 Å². The van der Waals surface area contributed by atoms with Crippen molar-refractivity contribution in [3.05, 3.63) is 60.7 Å². The lowest BCUT2D eigenvalue weighted by molar-refractivity contribution is 0.414.